The van der Waals surface area contributed by atoms with Crippen molar-refractivity contribution in [3.05, 3.63) is 52.1 Å². The van der Waals surface area contributed by atoms with Gasteiger partial charge in [0.15, 0.2) is 66.2 Å². The fourth-order valence-corrected chi connectivity index (χ4v) is 14.7. The van der Waals surface area contributed by atoms with E-state index in [0.717, 1.165) is 6.92 Å². The van der Waals surface area contributed by atoms with Gasteiger partial charge in [0.2, 0.25) is 0 Å². The van der Waals surface area contributed by atoms with Gasteiger partial charge in [-0.25, -0.2) is 52.0 Å². The Morgan fingerprint density at radius 2 is 0.854 bits per heavy atom. The molecule has 0 aliphatic heterocycles. The number of thioether (sulfide) groups is 1. The van der Waals surface area contributed by atoms with Gasteiger partial charge in [-0.1, -0.05) is 13.8 Å². The smallest absolute Gasteiger partial charge is 0.179 e. The number of rotatable bonds is 8. The molecule has 234 valence electrons. The maximum absolute atomic E-state index is 14.0. The Balaban J connectivity index is 0.000000414. The van der Waals surface area contributed by atoms with Crippen molar-refractivity contribution < 1.29 is 60.4 Å². The van der Waals surface area contributed by atoms with E-state index in [1.165, 1.54) is 0 Å². The first-order valence-corrected chi connectivity index (χ1v) is 20.6. The van der Waals surface area contributed by atoms with Gasteiger partial charge in [-0.2, -0.15) is 0 Å². The Morgan fingerprint density at radius 1 is 0.585 bits per heavy atom. The van der Waals surface area contributed by atoms with Crippen LogP contribution in [0.3, 0.4) is 0 Å². The van der Waals surface area contributed by atoms with E-state index in [1.807, 2.05) is 0 Å². The van der Waals surface area contributed by atoms with Gasteiger partial charge in [0.1, 0.15) is 20.0 Å². The number of halogens is 8. The molecule has 0 N–H and O–H groups in total. The second kappa shape index (κ2) is 13.2. The fourth-order valence-electron chi connectivity index (χ4n) is 2.88. The zero-order valence-corrected chi connectivity index (χ0v) is 27.0. The molecule has 2 atom stereocenters. The molecular weight excluding hydrogens is 713 g/mol. The van der Waals surface area contributed by atoms with Crippen molar-refractivity contribution in [1.82, 2.24) is 0 Å². The van der Waals surface area contributed by atoms with E-state index in [1.54, 1.807) is 13.8 Å². The summed E-state index contributed by atoms with van der Waals surface area (Å²) in [6.45, 7) is 3.88. The van der Waals surface area contributed by atoms with Crippen LogP contribution in [0.15, 0.2) is 14.7 Å². The minimum atomic E-state index is -4.26. The van der Waals surface area contributed by atoms with Crippen molar-refractivity contribution in [2.45, 2.75) is 40.7 Å². The van der Waals surface area contributed by atoms with Crippen LogP contribution in [0.4, 0.5) is 35.1 Å². The molecular formula is C20H20F8O6S7. The minimum Gasteiger partial charge on any atom is -0.251 e. The van der Waals surface area contributed by atoms with Crippen molar-refractivity contribution >= 4 is 70.8 Å². The molecule has 0 aliphatic carbocycles. The summed E-state index contributed by atoms with van der Waals surface area (Å²) in [4.78, 5) is -4.00. The molecule has 2 rings (SSSR count). The Bertz CT molecular complexity index is 1750. The van der Waals surface area contributed by atoms with Crippen LogP contribution in [-0.2, 0) is 59.0 Å². The number of benzene rings is 2. The quantitative estimate of drug-likeness (QED) is 0.221. The summed E-state index contributed by atoms with van der Waals surface area (Å²) in [5.41, 5.74) is -0.941. The molecule has 0 fully saturated rings. The predicted molar refractivity (Wildman–Crippen MR) is 145 cm³/mol. The molecule has 21 heteroatoms. The molecule has 0 saturated heterocycles. The van der Waals surface area contributed by atoms with Crippen LogP contribution in [0, 0.1) is 53.5 Å². The van der Waals surface area contributed by atoms with Crippen LogP contribution in [0.5, 0.6) is 0 Å². The first-order chi connectivity index (χ1) is 18.2. The highest BCUT2D eigenvalue weighted by Crippen LogP contribution is 2.36. The summed E-state index contributed by atoms with van der Waals surface area (Å²) in [6, 6.07) is 0. The summed E-state index contributed by atoms with van der Waals surface area (Å²) in [6.07, 6.45) is 1.28. The summed E-state index contributed by atoms with van der Waals surface area (Å²) >= 11 is 9.28. The van der Waals surface area contributed by atoms with E-state index in [9.17, 15) is 60.4 Å². The van der Waals surface area contributed by atoms with E-state index in [4.69, 9.17) is 0 Å². The second-order valence-corrected chi connectivity index (χ2v) is 22.3. The molecule has 0 amide bonds. The maximum atomic E-state index is 14.0. The minimum absolute atomic E-state index is 0.377. The molecule has 0 radical (unpaired) electrons. The predicted octanol–water partition coefficient (Wildman–Crippen LogP) is 4.51. The van der Waals surface area contributed by atoms with E-state index in [2.05, 4.69) is 22.4 Å². The zero-order chi connectivity index (χ0) is 32.6. The average molecular weight is 733 g/mol. The topological polar surface area (TPSA) is 102 Å². The Labute approximate surface area is 245 Å². The number of hydrogen-bond donors (Lipinski definition) is 0. The molecule has 0 saturated carbocycles. The third kappa shape index (κ3) is 9.43. The second-order valence-electron chi connectivity index (χ2n) is 8.61. The molecule has 0 aromatic heterocycles. The highest BCUT2D eigenvalue weighted by molar-refractivity contribution is 8.37. The van der Waals surface area contributed by atoms with Gasteiger partial charge in [-0.3, -0.25) is 8.42 Å². The molecule has 2 aromatic rings. The van der Waals surface area contributed by atoms with E-state index in [-0.39, 0.29) is 5.25 Å². The van der Waals surface area contributed by atoms with Crippen molar-refractivity contribution in [2.75, 3.05) is 22.7 Å². The standard InChI is InChI=1S/C11H12F4O3S4.C9H8F4O3S3/c1-5(2)20-10-6(12)8(14)11(9(15)7(10)13)22(18,19)4-21(3,16)17;1-4-5(10)7(12)9(8(13)6(4)11)19(16,17)3-18(2,14)15/h5H,4H2,1-3H3;3H2,1-2H3. The maximum Gasteiger partial charge on any atom is 0.179 e. The SMILES string of the molecule is CC(C)Sc1c(F)c(F)c(S(=O)(=S)CS(C)(=O)=O)c(F)c1F.Cc1c(F)c(F)c(S(=O)(=S)CS(C)(=O)=O)c(F)c1F. The van der Waals surface area contributed by atoms with Crippen LogP contribution in [-0.4, -0.2) is 53.2 Å². The first kappa shape index (κ1) is 37.9. The Morgan fingerprint density at radius 3 is 1.10 bits per heavy atom. The molecule has 0 heterocycles. The summed E-state index contributed by atoms with van der Waals surface area (Å²) in [5, 5.41) is -2.96. The van der Waals surface area contributed by atoms with Crippen LogP contribution in [0.2, 0.25) is 0 Å². The van der Waals surface area contributed by atoms with Gasteiger partial charge in [0, 0.05) is 23.3 Å². The zero-order valence-electron chi connectivity index (χ0n) is 21.3. The molecule has 0 bridgehead atoms. The third-order valence-corrected chi connectivity index (χ3v) is 16.0. The largest absolute Gasteiger partial charge is 0.251 e. The van der Waals surface area contributed by atoms with Crippen molar-refractivity contribution in [3.8, 4) is 0 Å². The highest BCUT2D eigenvalue weighted by atomic mass is 32.8. The molecule has 2 aromatic carbocycles. The van der Waals surface area contributed by atoms with Crippen molar-refractivity contribution in [3.63, 3.8) is 0 Å². The Hall–Kier alpha value is -1.13. The molecule has 0 spiro atoms. The molecule has 6 nitrogen and oxygen atoms in total. The summed E-state index contributed by atoms with van der Waals surface area (Å²) in [7, 11) is -16.4. The van der Waals surface area contributed by atoms with E-state index >= 15 is 0 Å². The van der Waals surface area contributed by atoms with Gasteiger partial charge in [0.25, 0.3) is 0 Å². The van der Waals surface area contributed by atoms with Crippen LogP contribution < -0.4 is 0 Å². The normalized spacial score (nSPS) is 15.2. The van der Waals surface area contributed by atoms with Crippen LogP contribution in [0.1, 0.15) is 19.4 Å². The lowest BCUT2D eigenvalue weighted by Crippen LogP contribution is -2.19. The lowest BCUT2D eigenvalue weighted by Gasteiger charge is -2.14. The molecule has 2 unspecified atom stereocenters. The monoisotopic (exact) mass is 732 g/mol. The summed E-state index contributed by atoms with van der Waals surface area (Å²) in [5.74, 6) is -14.7. The third-order valence-electron chi connectivity index (χ3n) is 4.34. The molecule has 0 aliphatic rings. The number of sulfone groups is 2. The van der Waals surface area contributed by atoms with E-state index in [0.29, 0.717) is 24.3 Å². The van der Waals surface area contributed by atoms with E-state index < -0.39 is 114 Å². The average Bonchev–Trinajstić information content (AvgIpc) is 2.74. The van der Waals surface area contributed by atoms with Gasteiger partial charge in [-0.05, 0) is 29.3 Å². The molecule has 41 heavy (non-hydrogen) atoms. The lowest BCUT2D eigenvalue weighted by atomic mass is 10.2. The lowest BCUT2D eigenvalue weighted by molar-refractivity contribution is 0.398. The van der Waals surface area contributed by atoms with Gasteiger partial charge < -0.3 is 0 Å². The highest BCUT2D eigenvalue weighted by Gasteiger charge is 2.33. The van der Waals surface area contributed by atoms with Crippen molar-refractivity contribution in [1.29, 1.82) is 0 Å². The van der Waals surface area contributed by atoms with Crippen LogP contribution in [0.25, 0.3) is 0 Å². The Kier molecular flexibility index (Phi) is 12.2. The van der Waals surface area contributed by atoms with Gasteiger partial charge >= 0.3 is 0 Å². The van der Waals surface area contributed by atoms with Crippen LogP contribution >= 0.6 is 11.8 Å². The first-order valence-electron chi connectivity index (χ1n) is 10.3. The fraction of sp³-hybridized carbons (Fsp3) is 0.400. The van der Waals surface area contributed by atoms with Gasteiger partial charge in [0.05, 0.1) is 21.9 Å². The van der Waals surface area contributed by atoms with Crippen molar-refractivity contribution in [2.24, 2.45) is 0 Å². The van der Waals surface area contributed by atoms with Gasteiger partial charge in [-0.15, -0.1) is 11.8 Å². The number of hydrogen-bond acceptors (Lipinski definition) is 9. The summed E-state index contributed by atoms with van der Waals surface area (Å²) < 4.78 is 178.